The maximum atomic E-state index is 13.2. The van der Waals surface area contributed by atoms with Crippen molar-refractivity contribution in [2.75, 3.05) is 6.54 Å². The summed E-state index contributed by atoms with van der Waals surface area (Å²) in [4.78, 5) is 3.60. The first-order valence-corrected chi connectivity index (χ1v) is 8.82. The third-order valence-corrected chi connectivity index (χ3v) is 4.91. The number of hydrogen-bond donors (Lipinski definition) is 1. The van der Waals surface area contributed by atoms with Crippen LogP contribution in [0.1, 0.15) is 0 Å². The highest BCUT2D eigenvalue weighted by molar-refractivity contribution is 7.89. The number of hydrogen-bond acceptors (Lipinski definition) is 4. The minimum atomic E-state index is -3.92. The van der Waals surface area contributed by atoms with Crippen LogP contribution in [0.15, 0.2) is 59.9 Å². The van der Waals surface area contributed by atoms with E-state index in [1.165, 1.54) is 0 Å². The number of halogens is 2. The quantitative estimate of drug-likeness (QED) is 0.727. The lowest BCUT2D eigenvalue weighted by molar-refractivity contribution is 0.503. The van der Waals surface area contributed by atoms with Crippen molar-refractivity contribution in [2.45, 2.75) is 11.4 Å². The molecule has 0 amide bonds. The summed E-state index contributed by atoms with van der Waals surface area (Å²) < 4.78 is 54.1. The van der Waals surface area contributed by atoms with Crippen LogP contribution in [-0.4, -0.2) is 29.7 Å². The Kier molecular flexibility index (Phi) is 4.86. The molecule has 0 saturated carbocycles. The summed E-state index contributed by atoms with van der Waals surface area (Å²) in [5.74, 6) is -2.31. The third-order valence-electron chi connectivity index (χ3n) is 3.45. The van der Waals surface area contributed by atoms with Gasteiger partial charge >= 0.3 is 0 Å². The lowest BCUT2D eigenvalue weighted by Crippen LogP contribution is -2.27. The van der Waals surface area contributed by atoms with Gasteiger partial charge in [0.25, 0.3) is 0 Å². The van der Waals surface area contributed by atoms with Gasteiger partial charge in [-0.1, -0.05) is 0 Å². The van der Waals surface area contributed by atoms with Crippen molar-refractivity contribution in [1.29, 1.82) is 0 Å². The number of nitrogens with zero attached hydrogens (tertiary/aromatic N) is 3. The minimum absolute atomic E-state index is 0.0544. The molecule has 2 heterocycles. The van der Waals surface area contributed by atoms with Gasteiger partial charge in [-0.3, -0.25) is 9.67 Å². The lowest BCUT2D eigenvalue weighted by Gasteiger charge is -2.07. The fourth-order valence-corrected chi connectivity index (χ4v) is 3.22. The Hall–Kier alpha value is -2.65. The summed E-state index contributed by atoms with van der Waals surface area (Å²) in [5.41, 5.74) is 1.64. The van der Waals surface area contributed by atoms with Crippen molar-refractivity contribution in [3.8, 4) is 11.3 Å². The van der Waals surface area contributed by atoms with E-state index in [4.69, 9.17) is 0 Å². The SMILES string of the molecule is O=S(=O)(NCCn1ccc(-c2ccncc2)n1)c1ccc(F)c(F)c1. The molecule has 0 aliphatic carbocycles. The summed E-state index contributed by atoms with van der Waals surface area (Å²) in [6.07, 6.45) is 5.04. The average Bonchev–Trinajstić information content (AvgIpc) is 3.07. The number of benzene rings is 1. The molecule has 0 atom stereocenters. The lowest BCUT2D eigenvalue weighted by atomic mass is 10.2. The van der Waals surface area contributed by atoms with Crippen molar-refractivity contribution in [3.63, 3.8) is 0 Å². The second kappa shape index (κ2) is 7.08. The Balaban J connectivity index is 1.63. The molecule has 0 radical (unpaired) electrons. The van der Waals surface area contributed by atoms with E-state index in [1.807, 2.05) is 12.1 Å². The molecule has 6 nitrogen and oxygen atoms in total. The Morgan fingerprint density at radius 3 is 2.52 bits per heavy atom. The van der Waals surface area contributed by atoms with Gasteiger partial charge in [0.1, 0.15) is 0 Å². The van der Waals surface area contributed by atoms with Gasteiger partial charge < -0.3 is 0 Å². The predicted molar refractivity (Wildman–Crippen MR) is 87.0 cm³/mol. The number of nitrogens with one attached hydrogen (secondary N) is 1. The molecular formula is C16H14F2N4O2S. The standard InChI is InChI=1S/C16H14F2N4O2S/c17-14-2-1-13(11-15(14)18)25(23,24)20-8-10-22-9-5-16(21-22)12-3-6-19-7-4-12/h1-7,9,11,20H,8,10H2. The molecular weight excluding hydrogens is 350 g/mol. The first-order chi connectivity index (χ1) is 12.0. The van der Waals surface area contributed by atoms with Crippen molar-refractivity contribution in [2.24, 2.45) is 0 Å². The summed E-state index contributed by atoms with van der Waals surface area (Å²) in [6.45, 7) is 0.340. The number of pyridine rings is 1. The van der Waals surface area contributed by atoms with Gasteiger partial charge in [-0.15, -0.1) is 0 Å². The summed E-state index contributed by atoms with van der Waals surface area (Å²) in [5, 5.41) is 4.34. The molecule has 0 bridgehead atoms. The van der Waals surface area contributed by atoms with Gasteiger partial charge in [0.05, 0.1) is 17.1 Å². The molecule has 0 unspecified atom stereocenters. The van der Waals surface area contributed by atoms with Crippen LogP contribution in [-0.2, 0) is 16.6 Å². The molecule has 1 N–H and O–H groups in total. The Morgan fingerprint density at radius 1 is 1.04 bits per heavy atom. The van der Waals surface area contributed by atoms with E-state index in [2.05, 4.69) is 14.8 Å². The van der Waals surface area contributed by atoms with Gasteiger partial charge in [-0.05, 0) is 36.4 Å². The number of rotatable bonds is 6. The molecule has 0 fully saturated rings. The van der Waals surface area contributed by atoms with Crippen LogP contribution in [0.2, 0.25) is 0 Å². The van der Waals surface area contributed by atoms with E-state index in [1.54, 1.807) is 29.3 Å². The fourth-order valence-electron chi connectivity index (χ4n) is 2.18. The highest BCUT2D eigenvalue weighted by Crippen LogP contribution is 2.15. The third kappa shape index (κ3) is 4.06. The Morgan fingerprint density at radius 2 is 1.80 bits per heavy atom. The van der Waals surface area contributed by atoms with E-state index in [0.29, 0.717) is 6.07 Å². The van der Waals surface area contributed by atoms with Crippen LogP contribution in [0.5, 0.6) is 0 Å². The van der Waals surface area contributed by atoms with Crippen molar-refractivity contribution in [3.05, 3.63) is 66.6 Å². The largest absolute Gasteiger partial charge is 0.271 e. The van der Waals surface area contributed by atoms with Crippen LogP contribution >= 0.6 is 0 Å². The molecule has 3 aromatic rings. The molecule has 0 saturated heterocycles. The minimum Gasteiger partial charge on any atom is -0.271 e. The molecule has 25 heavy (non-hydrogen) atoms. The molecule has 9 heteroatoms. The first-order valence-electron chi connectivity index (χ1n) is 7.34. The first kappa shape index (κ1) is 17.2. The van der Waals surface area contributed by atoms with Gasteiger partial charge in [-0.25, -0.2) is 21.9 Å². The molecule has 0 spiro atoms. The summed E-state index contributed by atoms with van der Waals surface area (Å²) >= 11 is 0. The van der Waals surface area contributed by atoms with E-state index < -0.39 is 21.7 Å². The van der Waals surface area contributed by atoms with Gasteiger partial charge in [0.2, 0.25) is 10.0 Å². The van der Waals surface area contributed by atoms with Crippen molar-refractivity contribution >= 4 is 10.0 Å². The second-order valence-corrected chi connectivity index (χ2v) is 6.94. The second-order valence-electron chi connectivity index (χ2n) is 5.17. The molecule has 0 aliphatic heterocycles. The monoisotopic (exact) mass is 364 g/mol. The van der Waals surface area contributed by atoms with Gasteiger partial charge in [0, 0.05) is 30.7 Å². The molecule has 130 valence electrons. The molecule has 3 rings (SSSR count). The van der Waals surface area contributed by atoms with Crippen LogP contribution in [0.4, 0.5) is 8.78 Å². The summed E-state index contributed by atoms with van der Waals surface area (Å²) in [6, 6.07) is 7.87. The Bertz CT molecular complexity index is 975. The topological polar surface area (TPSA) is 76.9 Å². The summed E-state index contributed by atoms with van der Waals surface area (Å²) in [7, 11) is -3.92. The number of aromatic nitrogens is 3. The van der Waals surface area contributed by atoms with E-state index in [-0.39, 0.29) is 18.0 Å². The van der Waals surface area contributed by atoms with Gasteiger partial charge in [-0.2, -0.15) is 5.10 Å². The zero-order valence-corrected chi connectivity index (χ0v) is 13.7. The van der Waals surface area contributed by atoms with E-state index in [0.717, 1.165) is 23.4 Å². The van der Waals surface area contributed by atoms with E-state index in [9.17, 15) is 17.2 Å². The Labute approximate surface area is 143 Å². The fraction of sp³-hybridized carbons (Fsp3) is 0.125. The van der Waals surface area contributed by atoms with Crippen LogP contribution in [0, 0.1) is 11.6 Å². The van der Waals surface area contributed by atoms with E-state index >= 15 is 0 Å². The highest BCUT2D eigenvalue weighted by atomic mass is 32.2. The zero-order valence-electron chi connectivity index (χ0n) is 12.9. The molecule has 2 aromatic heterocycles. The molecule has 1 aromatic carbocycles. The zero-order chi connectivity index (χ0) is 17.9. The predicted octanol–water partition coefficient (Wildman–Crippen LogP) is 2.20. The van der Waals surface area contributed by atoms with Crippen LogP contribution in [0.3, 0.4) is 0 Å². The van der Waals surface area contributed by atoms with Crippen molar-refractivity contribution < 1.29 is 17.2 Å². The van der Waals surface area contributed by atoms with Crippen LogP contribution in [0.25, 0.3) is 11.3 Å². The normalized spacial score (nSPS) is 11.6. The van der Waals surface area contributed by atoms with Gasteiger partial charge in [0.15, 0.2) is 11.6 Å². The molecule has 0 aliphatic rings. The van der Waals surface area contributed by atoms with Crippen LogP contribution < -0.4 is 4.72 Å². The smallest absolute Gasteiger partial charge is 0.240 e. The average molecular weight is 364 g/mol. The maximum Gasteiger partial charge on any atom is 0.240 e. The maximum absolute atomic E-state index is 13.2. The van der Waals surface area contributed by atoms with Crippen molar-refractivity contribution in [1.82, 2.24) is 19.5 Å². The highest BCUT2D eigenvalue weighted by Gasteiger charge is 2.16. The number of sulfonamides is 1.